The molecular weight excluding hydrogens is 260 g/mol. The zero-order chi connectivity index (χ0) is 13.4. The molecule has 3 nitrogen and oxygen atoms in total. The van der Waals surface area contributed by atoms with Crippen molar-refractivity contribution in [3.63, 3.8) is 0 Å². The van der Waals surface area contributed by atoms with Crippen LogP contribution in [-0.4, -0.2) is 23.7 Å². The van der Waals surface area contributed by atoms with Crippen LogP contribution in [0.4, 0.5) is 5.69 Å². The molecule has 1 N–H and O–H groups in total. The van der Waals surface area contributed by atoms with Crippen molar-refractivity contribution in [2.24, 2.45) is 0 Å². The first-order valence-corrected chi connectivity index (χ1v) is 6.96. The summed E-state index contributed by atoms with van der Waals surface area (Å²) >= 11 is 6.40. The van der Waals surface area contributed by atoms with E-state index in [1.165, 1.54) is 0 Å². The highest BCUT2D eigenvalue weighted by molar-refractivity contribution is 6.35. The van der Waals surface area contributed by atoms with Gasteiger partial charge in [0, 0.05) is 18.2 Å². The smallest absolute Gasteiger partial charge is 0.0752 e. The van der Waals surface area contributed by atoms with Gasteiger partial charge in [-0.1, -0.05) is 11.6 Å². The number of benzene rings is 1. The van der Waals surface area contributed by atoms with Gasteiger partial charge >= 0.3 is 0 Å². The molecule has 100 valence electrons. The maximum Gasteiger partial charge on any atom is 0.0752 e. The Bertz CT molecular complexity index is 614. The van der Waals surface area contributed by atoms with Crippen molar-refractivity contribution in [1.29, 1.82) is 0 Å². The second-order valence-corrected chi connectivity index (χ2v) is 5.47. The molecule has 0 saturated carbocycles. The van der Waals surface area contributed by atoms with E-state index in [0.29, 0.717) is 6.04 Å². The van der Waals surface area contributed by atoms with E-state index in [1.807, 2.05) is 25.3 Å². The van der Waals surface area contributed by atoms with Gasteiger partial charge in [0.2, 0.25) is 0 Å². The van der Waals surface area contributed by atoms with Crippen LogP contribution >= 0.6 is 11.6 Å². The summed E-state index contributed by atoms with van der Waals surface area (Å²) < 4.78 is 5.59. The Morgan fingerprint density at radius 1 is 1.47 bits per heavy atom. The number of pyridine rings is 1. The number of hydrogen-bond donors (Lipinski definition) is 1. The highest BCUT2D eigenvalue weighted by Gasteiger charge is 2.25. The van der Waals surface area contributed by atoms with E-state index in [4.69, 9.17) is 16.3 Å². The third-order valence-electron chi connectivity index (χ3n) is 3.74. The molecule has 0 bridgehead atoms. The zero-order valence-corrected chi connectivity index (χ0v) is 11.9. The van der Waals surface area contributed by atoms with Gasteiger partial charge in [-0.15, -0.1) is 0 Å². The molecule has 1 aliphatic rings. The summed E-state index contributed by atoms with van der Waals surface area (Å²) in [4.78, 5) is 4.45. The molecule has 1 aliphatic heterocycles. The van der Waals surface area contributed by atoms with Crippen molar-refractivity contribution in [3.8, 4) is 0 Å². The molecule has 4 heteroatoms. The summed E-state index contributed by atoms with van der Waals surface area (Å²) in [5.74, 6) is 0. The Morgan fingerprint density at radius 3 is 3.05 bits per heavy atom. The molecule has 2 unspecified atom stereocenters. The van der Waals surface area contributed by atoms with Gasteiger partial charge in [-0.05, 0) is 44.0 Å². The monoisotopic (exact) mass is 276 g/mol. The van der Waals surface area contributed by atoms with Crippen LogP contribution in [0.15, 0.2) is 24.4 Å². The van der Waals surface area contributed by atoms with Crippen LogP contribution < -0.4 is 5.32 Å². The first kappa shape index (κ1) is 12.7. The molecule has 3 rings (SSSR count). The molecule has 0 amide bonds. The van der Waals surface area contributed by atoms with Gasteiger partial charge in [-0.2, -0.15) is 0 Å². The number of halogens is 1. The van der Waals surface area contributed by atoms with Crippen molar-refractivity contribution >= 4 is 28.2 Å². The maximum atomic E-state index is 6.40. The Kier molecular flexibility index (Phi) is 3.33. The summed E-state index contributed by atoms with van der Waals surface area (Å²) in [6.07, 6.45) is 3.03. The van der Waals surface area contributed by atoms with Gasteiger partial charge in [-0.3, -0.25) is 4.98 Å². The molecule has 1 fully saturated rings. The molecule has 0 aliphatic carbocycles. The normalized spacial score (nSPS) is 22.9. The summed E-state index contributed by atoms with van der Waals surface area (Å²) in [7, 11) is 0. The number of nitrogens with zero attached hydrogens (tertiary/aromatic N) is 1. The zero-order valence-electron chi connectivity index (χ0n) is 11.1. The largest absolute Gasteiger partial charge is 0.378 e. The summed E-state index contributed by atoms with van der Waals surface area (Å²) in [6.45, 7) is 4.93. The van der Waals surface area contributed by atoms with E-state index < -0.39 is 0 Å². The highest BCUT2D eigenvalue weighted by Crippen LogP contribution is 2.34. The quantitative estimate of drug-likeness (QED) is 0.906. The van der Waals surface area contributed by atoms with E-state index in [1.54, 1.807) is 0 Å². The number of aromatic nitrogens is 1. The highest BCUT2D eigenvalue weighted by atomic mass is 35.5. The van der Waals surface area contributed by atoms with E-state index in [-0.39, 0.29) is 6.10 Å². The fraction of sp³-hybridized carbons (Fsp3) is 0.400. The Morgan fingerprint density at radius 2 is 2.32 bits per heavy atom. The van der Waals surface area contributed by atoms with Crippen molar-refractivity contribution in [2.45, 2.75) is 32.4 Å². The standard InChI is InChI=1S/C15H17ClN2O/c1-9-8-12(16)15(11-4-3-6-17-14(9)11)18-13-5-7-19-10(13)2/h3-4,6,8,10,13,18H,5,7H2,1-2H3. The SMILES string of the molecule is Cc1cc(Cl)c(NC2CCOC2C)c2cccnc12. The van der Waals surface area contributed by atoms with Crippen LogP contribution in [0, 0.1) is 6.92 Å². The lowest BCUT2D eigenvalue weighted by molar-refractivity contribution is 0.121. The maximum absolute atomic E-state index is 6.40. The number of anilines is 1. The van der Waals surface area contributed by atoms with Gasteiger partial charge in [0.05, 0.1) is 28.4 Å². The number of hydrogen-bond acceptors (Lipinski definition) is 3. The Balaban J connectivity index is 2.07. The third-order valence-corrected chi connectivity index (χ3v) is 4.04. The van der Waals surface area contributed by atoms with Gasteiger partial charge in [0.15, 0.2) is 0 Å². The van der Waals surface area contributed by atoms with Crippen molar-refractivity contribution in [2.75, 3.05) is 11.9 Å². The topological polar surface area (TPSA) is 34.1 Å². The van der Waals surface area contributed by atoms with Crippen LogP contribution in [0.5, 0.6) is 0 Å². The molecule has 1 saturated heterocycles. The first-order chi connectivity index (χ1) is 9.16. The average Bonchev–Trinajstić information content (AvgIpc) is 2.80. The van der Waals surface area contributed by atoms with Crippen molar-refractivity contribution < 1.29 is 4.74 Å². The van der Waals surface area contributed by atoms with Crippen LogP contribution in [0.2, 0.25) is 5.02 Å². The van der Waals surface area contributed by atoms with Crippen LogP contribution in [-0.2, 0) is 4.74 Å². The molecule has 2 heterocycles. The predicted octanol–water partition coefficient (Wildman–Crippen LogP) is 3.79. The number of nitrogens with one attached hydrogen (secondary N) is 1. The second kappa shape index (κ2) is 4.99. The molecular formula is C15H17ClN2O. The van der Waals surface area contributed by atoms with E-state index in [2.05, 4.69) is 23.3 Å². The molecule has 0 spiro atoms. The average molecular weight is 277 g/mol. The molecule has 2 aromatic rings. The van der Waals surface area contributed by atoms with Gasteiger partial charge in [-0.25, -0.2) is 0 Å². The fourth-order valence-corrected chi connectivity index (χ4v) is 2.95. The lowest BCUT2D eigenvalue weighted by Gasteiger charge is -2.20. The number of ether oxygens (including phenoxy) is 1. The molecule has 1 aromatic carbocycles. The minimum Gasteiger partial charge on any atom is -0.378 e. The van der Waals surface area contributed by atoms with Gasteiger partial charge in [0.1, 0.15) is 0 Å². The second-order valence-electron chi connectivity index (χ2n) is 5.07. The van der Waals surface area contributed by atoms with E-state index in [9.17, 15) is 0 Å². The predicted molar refractivity (Wildman–Crippen MR) is 78.9 cm³/mol. The van der Waals surface area contributed by atoms with Gasteiger partial charge in [0.25, 0.3) is 0 Å². The van der Waals surface area contributed by atoms with E-state index >= 15 is 0 Å². The Labute approximate surface area is 117 Å². The summed E-state index contributed by atoms with van der Waals surface area (Å²) in [5, 5.41) is 5.36. The van der Waals surface area contributed by atoms with Crippen LogP contribution in [0.1, 0.15) is 18.9 Å². The molecule has 0 radical (unpaired) electrons. The molecule has 1 aromatic heterocycles. The molecule has 19 heavy (non-hydrogen) atoms. The summed E-state index contributed by atoms with van der Waals surface area (Å²) in [6, 6.07) is 6.28. The van der Waals surface area contributed by atoms with E-state index in [0.717, 1.165) is 40.2 Å². The Hall–Kier alpha value is -1.32. The fourth-order valence-electron chi connectivity index (χ4n) is 2.63. The number of fused-ring (bicyclic) bond motifs is 1. The summed E-state index contributed by atoms with van der Waals surface area (Å²) in [5.41, 5.74) is 3.07. The van der Waals surface area contributed by atoms with Crippen molar-refractivity contribution in [3.05, 3.63) is 35.0 Å². The number of rotatable bonds is 2. The van der Waals surface area contributed by atoms with Crippen LogP contribution in [0.3, 0.4) is 0 Å². The van der Waals surface area contributed by atoms with Crippen LogP contribution in [0.25, 0.3) is 10.9 Å². The minimum absolute atomic E-state index is 0.212. The lowest BCUT2D eigenvalue weighted by atomic mass is 10.1. The first-order valence-electron chi connectivity index (χ1n) is 6.59. The lowest BCUT2D eigenvalue weighted by Crippen LogP contribution is -2.26. The van der Waals surface area contributed by atoms with Crippen molar-refractivity contribution in [1.82, 2.24) is 4.98 Å². The molecule has 2 atom stereocenters. The number of aryl methyl sites for hydroxylation is 1. The third kappa shape index (κ3) is 2.28. The minimum atomic E-state index is 0.212. The van der Waals surface area contributed by atoms with Gasteiger partial charge < -0.3 is 10.1 Å².